The Morgan fingerprint density at radius 3 is 2.59 bits per heavy atom. The van der Waals surface area contributed by atoms with Gasteiger partial charge in [0.1, 0.15) is 10.4 Å². The van der Waals surface area contributed by atoms with Crippen molar-refractivity contribution in [3.63, 3.8) is 0 Å². The maximum atomic E-state index is 13.1. The topological polar surface area (TPSA) is 62.3 Å². The fraction of sp³-hybridized carbons (Fsp3) is 0.300. The Morgan fingerprint density at radius 1 is 1.22 bits per heavy atom. The third-order valence-corrected chi connectivity index (χ3v) is 6.04. The van der Waals surface area contributed by atoms with Gasteiger partial charge >= 0.3 is 0 Å². The lowest BCUT2D eigenvalue weighted by Gasteiger charge is -2.42. The summed E-state index contributed by atoms with van der Waals surface area (Å²) in [7, 11) is 0. The van der Waals surface area contributed by atoms with Crippen LogP contribution in [0.5, 0.6) is 0 Å². The fourth-order valence-corrected chi connectivity index (χ4v) is 4.74. The van der Waals surface area contributed by atoms with E-state index in [0.717, 1.165) is 5.69 Å². The third-order valence-electron chi connectivity index (χ3n) is 4.41. The highest BCUT2D eigenvalue weighted by atomic mass is 32.2. The molecular formula is C20H21N3O2S2. The van der Waals surface area contributed by atoms with Gasteiger partial charge < -0.3 is 5.32 Å². The number of carbonyl (C=O) groups is 2. The number of rotatable bonds is 5. The highest BCUT2D eigenvalue weighted by Gasteiger charge is 2.46. The smallest absolute Gasteiger partial charge is 0.252 e. The first-order chi connectivity index (χ1) is 12.9. The molecule has 1 aromatic carbocycles. The van der Waals surface area contributed by atoms with Crippen LogP contribution in [-0.4, -0.2) is 43.4 Å². The van der Waals surface area contributed by atoms with Gasteiger partial charge in [-0.1, -0.05) is 48.2 Å². The van der Waals surface area contributed by atoms with Crippen molar-refractivity contribution < 1.29 is 9.59 Å². The van der Waals surface area contributed by atoms with E-state index in [-0.39, 0.29) is 11.8 Å². The van der Waals surface area contributed by atoms with E-state index < -0.39 is 10.8 Å². The highest BCUT2D eigenvalue weighted by Crippen LogP contribution is 2.36. The molecule has 1 aliphatic rings. The Bertz CT molecular complexity index is 841. The molecule has 0 aliphatic carbocycles. The molecule has 1 aromatic heterocycles. The number of thiocarbonyl (C=S) groups is 1. The average molecular weight is 400 g/mol. The van der Waals surface area contributed by atoms with Crippen molar-refractivity contribution >= 4 is 40.1 Å². The fourth-order valence-electron chi connectivity index (χ4n) is 2.90. The van der Waals surface area contributed by atoms with Crippen molar-refractivity contribution in [1.82, 2.24) is 15.2 Å². The Hall–Kier alpha value is -2.25. The number of hydrogen-bond acceptors (Lipinski definition) is 5. The van der Waals surface area contributed by atoms with E-state index in [0.29, 0.717) is 22.8 Å². The van der Waals surface area contributed by atoms with Gasteiger partial charge in [0.25, 0.3) is 11.8 Å². The number of thioether (sulfide) groups is 1. The van der Waals surface area contributed by atoms with Gasteiger partial charge in [0.05, 0.1) is 0 Å². The lowest BCUT2D eigenvalue weighted by atomic mass is 10.0. The molecule has 2 heterocycles. The Morgan fingerprint density at radius 2 is 1.93 bits per heavy atom. The summed E-state index contributed by atoms with van der Waals surface area (Å²) in [5, 5.41) is 2.90. The molecule has 140 valence electrons. The van der Waals surface area contributed by atoms with Crippen LogP contribution in [0.25, 0.3) is 0 Å². The largest absolute Gasteiger partial charge is 0.339 e. The molecular weight excluding hydrogens is 378 g/mol. The molecule has 0 saturated carbocycles. The van der Waals surface area contributed by atoms with Crippen LogP contribution in [-0.2, 0) is 11.2 Å². The maximum absolute atomic E-state index is 13.1. The Balaban J connectivity index is 1.74. The van der Waals surface area contributed by atoms with Crippen LogP contribution < -0.4 is 5.32 Å². The minimum atomic E-state index is -0.661. The Kier molecular flexibility index (Phi) is 5.92. The molecule has 27 heavy (non-hydrogen) atoms. The zero-order valence-corrected chi connectivity index (χ0v) is 16.8. The quantitative estimate of drug-likeness (QED) is 0.783. The van der Waals surface area contributed by atoms with Crippen LogP contribution in [0, 0.1) is 0 Å². The first-order valence-corrected chi connectivity index (χ1v) is 9.91. The molecule has 1 fully saturated rings. The summed E-state index contributed by atoms with van der Waals surface area (Å²) < 4.78 is 0.00579. The second-order valence-electron chi connectivity index (χ2n) is 6.80. The van der Waals surface area contributed by atoms with E-state index >= 15 is 0 Å². The van der Waals surface area contributed by atoms with Gasteiger partial charge in [-0.05, 0) is 38.1 Å². The van der Waals surface area contributed by atoms with Gasteiger partial charge in [-0.15, -0.1) is 0 Å². The molecule has 1 N–H and O–H groups in total. The summed E-state index contributed by atoms with van der Waals surface area (Å²) in [6, 6.07) is 13.9. The summed E-state index contributed by atoms with van der Waals surface area (Å²) >= 11 is 6.90. The maximum Gasteiger partial charge on any atom is 0.252 e. The van der Waals surface area contributed by atoms with Crippen LogP contribution in [0.3, 0.4) is 0 Å². The number of carbonyl (C=O) groups excluding carboxylic acids is 2. The van der Waals surface area contributed by atoms with Crippen LogP contribution in [0.1, 0.15) is 29.9 Å². The van der Waals surface area contributed by atoms with Crippen molar-refractivity contribution in [1.29, 1.82) is 0 Å². The van der Waals surface area contributed by atoms with E-state index in [2.05, 4.69) is 10.3 Å². The van der Waals surface area contributed by atoms with E-state index in [9.17, 15) is 9.59 Å². The monoisotopic (exact) mass is 399 g/mol. The number of nitrogens with zero attached hydrogens (tertiary/aromatic N) is 2. The average Bonchev–Trinajstić information content (AvgIpc) is 2.66. The van der Waals surface area contributed by atoms with Crippen molar-refractivity contribution in [2.75, 3.05) is 6.54 Å². The summed E-state index contributed by atoms with van der Waals surface area (Å²) in [6.07, 6.45) is 2.33. The van der Waals surface area contributed by atoms with Gasteiger partial charge in [0.2, 0.25) is 0 Å². The molecule has 1 aliphatic heterocycles. The predicted octanol–water partition coefficient (Wildman–Crippen LogP) is 3.06. The highest BCUT2D eigenvalue weighted by molar-refractivity contribution is 8.24. The normalized spacial score (nSPS) is 19.0. The lowest BCUT2D eigenvalue weighted by molar-refractivity contribution is -0.130. The number of benzene rings is 1. The molecule has 7 heteroatoms. The molecule has 1 saturated heterocycles. The van der Waals surface area contributed by atoms with E-state index in [1.54, 1.807) is 35.4 Å². The minimum Gasteiger partial charge on any atom is -0.339 e. The number of nitrogens with one attached hydrogen (secondary N) is 1. The number of hydrogen-bond donors (Lipinski definition) is 1. The molecule has 0 bridgehead atoms. The van der Waals surface area contributed by atoms with Crippen LogP contribution in [0.15, 0.2) is 54.7 Å². The molecule has 2 amide bonds. The van der Waals surface area contributed by atoms with Crippen LogP contribution in [0.4, 0.5) is 0 Å². The van der Waals surface area contributed by atoms with E-state index in [4.69, 9.17) is 12.2 Å². The van der Waals surface area contributed by atoms with Crippen molar-refractivity contribution in [2.24, 2.45) is 0 Å². The first kappa shape index (κ1) is 19.5. The Labute approximate surface area is 168 Å². The van der Waals surface area contributed by atoms with Crippen LogP contribution in [0.2, 0.25) is 0 Å². The standard InChI is InChI=1S/C20H21N3O2S2/c1-20(2)16(22-17(24)14-8-4-3-5-9-14)18(25)23(19(26)27-20)13-11-15-10-6-7-12-21-15/h3-10,12,16H,11,13H2,1-2H3,(H,22,24). The molecule has 1 unspecified atom stereocenters. The SMILES string of the molecule is CC1(C)SC(=S)N(CCc2ccccn2)C(=O)C1NC(=O)c1ccccc1. The van der Waals surface area contributed by atoms with Gasteiger partial charge in [0.15, 0.2) is 0 Å². The third kappa shape index (κ3) is 4.54. The summed E-state index contributed by atoms with van der Waals surface area (Å²) in [5.74, 6) is -0.441. The first-order valence-electron chi connectivity index (χ1n) is 8.68. The summed E-state index contributed by atoms with van der Waals surface area (Å²) in [6.45, 7) is 4.29. The zero-order valence-electron chi connectivity index (χ0n) is 15.2. The van der Waals surface area contributed by atoms with Crippen LogP contribution >= 0.6 is 24.0 Å². The van der Waals surface area contributed by atoms with Gasteiger partial charge in [-0.2, -0.15) is 0 Å². The lowest BCUT2D eigenvalue weighted by Crippen LogP contribution is -2.62. The number of amides is 2. The van der Waals surface area contributed by atoms with Crippen molar-refractivity contribution in [3.05, 3.63) is 66.0 Å². The number of aromatic nitrogens is 1. The van der Waals surface area contributed by atoms with E-state index in [1.165, 1.54) is 11.8 Å². The minimum absolute atomic E-state index is 0.177. The van der Waals surface area contributed by atoms with E-state index in [1.807, 2.05) is 38.1 Å². The molecule has 1 atom stereocenters. The zero-order chi connectivity index (χ0) is 19.4. The van der Waals surface area contributed by atoms with Gasteiger partial charge in [0, 0.05) is 35.2 Å². The van der Waals surface area contributed by atoms with Crippen molar-refractivity contribution in [2.45, 2.75) is 31.1 Å². The molecule has 0 radical (unpaired) electrons. The second-order valence-corrected chi connectivity index (χ2v) is 9.09. The molecule has 3 rings (SSSR count). The summed E-state index contributed by atoms with van der Waals surface area (Å²) in [5.41, 5.74) is 1.42. The van der Waals surface area contributed by atoms with Gasteiger partial charge in [-0.3, -0.25) is 19.5 Å². The number of pyridine rings is 1. The molecule has 0 spiro atoms. The van der Waals surface area contributed by atoms with Gasteiger partial charge in [-0.25, -0.2) is 0 Å². The summed E-state index contributed by atoms with van der Waals surface area (Å²) in [4.78, 5) is 31.6. The predicted molar refractivity (Wildman–Crippen MR) is 112 cm³/mol. The second kappa shape index (κ2) is 8.19. The van der Waals surface area contributed by atoms with Crippen molar-refractivity contribution in [3.8, 4) is 0 Å². The molecule has 5 nitrogen and oxygen atoms in total. The molecule has 2 aromatic rings.